The number of aromatic nitrogens is 2. The van der Waals surface area contributed by atoms with Gasteiger partial charge in [0.05, 0.1) is 32.9 Å². The summed E-state index contributed by atoms with van der Waals surface area (Å²) in [5, 5.41) is 10.8. The molecule has 7 nitrogen and oxygen atoms in total. The fourth-order valence-electron chi connectivity index (χ4n) is 3.72. The van der Waals surface area contributed by atoms with Crippen molar-refractivity contribution < 1.29 is 14.5 Å². The van der Waals surface area contributed by atoms with Gasteiger partial charge in [-0.05, 0) is 35.9 Å². The lowest BCUT2D eigenvalue weighted by Crippen LogP contribution is -2.06. The molecule has 0 radical (unpaired) electrons. The molecule has 0 unspecified atom stereocenters. The van der Waals surface area contributed by atoms with Gasteiger partial charge < -0.3 is 4.74 Å². The maximum Gasteiger partial charge on any atom is 0.338 e. The lowest BCUT2D eigenvalue weighted by atomic mass is 10.0. The van der Waals surface area contributed by atoms with Gasteiger partial charge in [-0.2, -0.15) is 0 Å². The normalized spacial score (nSPS) is 10.7. The quantitative estimate of drug-likeness (QED) is 0.169. The number of hydrogen-bond acceptors (Lipinski definition) is 6. The first kappa shape index (κ1) is 21.9. The first-order valence-electron chi connectivity index (χ1n) is 10.9. The highest BCUT2D eigenvalue weighted by Crippen LogP contribution is 2.31. The van der Waals surface area contributed by atoms with E-state index < -0.39 is 10.9 Å². The number of rotatable bonds is 6. The number of nitro benzene ring substituents is 1. The standard InChI is InChI=1S/C28H19N3O4/c32-28(35-18-19-11-14-23(15-12-19)31(33)34)22-13-16-24-25(17-22)30-27(21-9-5-2-6-10-21)26(29-24)20-7-3-1-4-8-20/h1-17H,18H2. The summed E-state index contributed by atoms with van der Waals surface area (Å²) < 4.78 is 5.41. The van der Waals surface area contributed by atoms with E-state index in [0.29, 0.717) is 22.2 Å². The van der Waals surface area contributed by atoms with Crippen LogP contribution in [0.4, 0.5) is 5.69 Å². The molecule has 5 aromatic rings. The third-order valence-corrected chi connectivity index (χ3v) is 5.51. The molecule has 0 amide bonds. The molecule has 0 spiro atoms. The summed E-state index contributed by atoms with van der Waals surface area (Å²) in [5.74, 6) is -0.513. The molecule has 170 valence electrons. The number of ether oxygens (including phenoxy) is 1. The number of nitro groups is 1. The van der Waals surface area contributed by atoms with Crippen LogP contribution in [-0.2, 0) is 11.3 Å². The zero-order valence-electron chi connectivity index (χ0n) is 18.5. The topological polar surface area (TPSA) is 95.2 Å². The molecule has 0 aliphatic rings. The molecule has 0 fully saturated rings. The first-order chi connectivity index (χ1) is 17.1. The summed E-state index contributed by atoms with van der Waals surface area (Å²) in [6.07, 6.45) is 0. The van der Waals surface area contributed by atoms with Crippen molar-refractivity contribution in [1.29, 1.82) is 0 Å². The third kappa shape index (κ3) is 4.74. The highest BCUT2D eigenvalue weighted by Gasteiger charge is 2.15. The number of non-ortho nitro benzene ring substituents is 1. The van der Waals surface area contributed by atoms with Gasteiger partial charge in [0, 0.05) is 23.3 Å². The molecule has 0 aliphatic carbocycles. The second kappa shape index (κ2) is 9.52. The Morgan fingerprint density at radius 2 is 1.31 bits per heavy atom. The van der Waals surface area contributed by atoms with Gasteiger partial charge in [-0.3, -0.25) is 10.1 Å². The monoisotopic (exact) mass is 461 g/mol. The van der Waals surface area contributed by atoms with Crippen LogP contribution >= 0.6 is 0 Å². The van der Waals surface area contributed by atoms with Crippen LogP contribution in [0.25, 0.3) is 33.5 Å². The number of carbonyl (C=O) groups excluding carboxylic acids is 1. The van der Waals surface area contributed by atoms with Gasteiger partial charge in [-0.1, -0.05) is 60.7 Å². The zero-order valence-corrected chi connectivity index (χ0v) is 18.5. The van der Waals surface area contributed by atoms with Crippen molar-refractivity contribution in [3.05, 3.63) is 124 Å². The second-order valence-electron chi connectivity index (χ2n) is 7.86. The minimum Gasteiger partial charge on any atom is -0.457 e. The van der Waals surface area contributed by atoms with Crippen molar-refractivity contribution in [1.82, 2.24) is 9.97 Å². The van der Waals surface area contributed by atoms with Gasteiger partial charge >= 0.3 is 5.97 Å². The molecule has 1 heterocycles. The highest BCUT2D eigenvalue weighted by molar-refractivity contribution is 5.95. The van der Waals surface area contributed by atoms with Gasteiger partial charge in [0.25, 0.3) is 5.69 Å². The van der Waals surface area contributed by atoms with E-state index in [-0.39, 0.29) is 12.3 Å². The highest BCUT2D eigenvalue weighted by atomic mass is 16.6. The summed E-state index contributed by atoms with van der Waals surface area (Å²) in [6, 6.07) is 30.6. The van der Waals surface area contributed by atoms with Crippen molar-refractivity contribution >= 4 is 22.7 Å². The zero-order chi connectivity index (χ0) is 24.2. The molecule has 5 rings (SSSR count). The lowest BCUT2D eigenvalue weighted by Gasteiger charge is -2.11. The van der Waals surface area contributed by atoms with Gasteiger partial charge in [0.2, 0.25) is 0 Å². The molecule has 0 aliphatic heterocycles. The van der Waals surface area contributed by atoms with Crippen molar-refractivity contribution in [2.75, 3.05) is 0 Å². The van der Waals surface area contributed by atoms with E-state index in [1.807, 2.05) is 60.7 Å². The van der Waals surface area contributed by atoms with E-state index in [1.165, 1.54) is 12.1 Å². The molecular formula is C28H19N3O4. The van der Waals surface area contributed by atoms with Crippen LogP contribution in [0.15, 0.2) is 103 Å². The van der Waals surface area contributed by atoms with Crippen LogP contribution in [0.3, 0.4) is 0 Å². The fraction of sp³-hybridized carbons (Fsp3) is 0.0357. The number of fused-ring (bicyclic) bond motifs is 1. The molecule has 35 heavy (non-hydrogen) atoms. The van der Waals surface area contributed by atoms with Crippen LogP contribution in [-0.4, -0.2) is 20.9 Å². The SMILES string of the molecule is O=C(OCc1ccc([N+](=O)[O-])cc1)c1ccc2nc(-c3ccccc3)c(-c3ccccc3)nc2c1. The van der Waals surface area contributed by atoms with Crippen LogP contribution < -0.4 is 0 Å². The molecule has 0 N–H and O–H groups in total. The van der Waals surface area contributed by atoms with Gasteiger partial charge in [0.15, 0.2) is 0 Å². The molecule has 7 heteroatoms. The van der Waals surface area contributed by atoms with Crippen molar-refractivity contribution in [3.63, 3.8) is 0 Å². The minimum atomic E-state index is -0.513. The predicted molar refractivity (Wildman–Crippen MR) is 133 cm³/mol. The molecule has 1 aromatic heterocycles. The van der Waals surface area contributed by atoms with Crippen LogP contribution in [0.1, 0.15) is 15.9 Å². The smallest absolute Gasteiger partial charge is 0.338 e. The summed E-state index contributed by atoms with van der Waals surface area (Å²) in [4.78, 5) is 32.8. The molecule has 0 atom stereocenters. The maximum absolute atomic E-state index is 12.7. The number of nitrogens with zero attached hydrogens (tertiary/aromatic N) is 3. The summed E-state index contributed by atoms with van der Waals surface area (Å²) in [7, 11) is 0. The Morgan fingerprint density at radius 3 is 1.89 bits per heavy atom. The van der Waals surface area contributed by atoms with Gasteiger partial charge in [-0.15, -0.1) is 0 Å². The Labute approximate surface area is 200 Å². The molecule has 4 aromatic carbocycles. The van der Waals surface area contributed by atoms with Crippen LogP contribution in [0, 0.1) is 10.1 Å². The average Bonchev–Trinajstić information content (AvgIpc) is 2.92. The van der Waals surface area contributed by atoms with Gasteiger partial charge in [-0.25, -0.2) is 14.8 Å². The minimum absolute atomic E-state index is 0.00273. The fourth-order valence-corrected chi connectivity index (χ4v) is 3.72. The summed E-state index contributed by atoms with van der Waals surface area (Å²) in [6.45, 7) is 0.00273. The number of carbonyl (C=O) groups is 1. The predicted octanol–water partition coefficient (Wildman–Crippen LogP) is 6.23. The van der Waals surface area contributed by atoms with Crippen molar-refractivity contribution in [2.45, 2.75) is 6.61 Å². The summed E-state index contributed by atoms with van der Waals surface area (Å²) in [5.41, 5.74) is 5.59. The van der Waals surface area contributed by atoms with E-state index in [0.717, 1.165) is 22.5 Å². The lowest BCUT2D eigenvalue weighted by molar-refractivity contribution is -0.384. The number of benzene rings is 4. The Hall–Kier alpha value is -4.91. The van der Waals surface area contributed by atoms with Crippen LogP contribution in [0.2, 0.25) is 0 Å². The number of hydrogen-bond donors (Lipinski definition) is 0. The van der Waals surface area contributed by atoms with E-state index >= 15 is 0 Å². The molecule has 0 bridgehead atoms. The maximum atomic E-state index is 12.7. The summed E-state index contributed by atoms with van der Waals surface area (Å²) >= 11 is 0. The van der Waals surface area contributed by atoms with Gasteiger partial charge in [0.1, 0.15) is 6.61 Å². The van der Waals surface area contributed by atoms with Crippen molar-refractivity contribution in [2.24, 2.45) is 0 Å². The van der Waals surface area contributed by atoms with Crippen LogP contribution in [0.5, 0.6) is 0 Å². The Kier molecular flexibility index (Phi) is 5.96. The third-order valence-electron chi connectivity index (χ3n) is 5.51. The van der Waals surface area contributed by atoms with E-state index in [1.54, 1.807) is 30.3 Å². The molecule has 0 saturated heterocycles. The van der Waals surface area contributed by atoms with E-state index in [9.17, 15) is 14.9 Å². The Balaban J connectivity index is 1.46. The average molecular weight is 461 g/mol. The second-order valence-corrected chi connectivity index (χ2v) is 7.86. The Morgan fingerprint density at radius 1 is 0.743 bits per heavy atom. The van der Waals surface area contributed by atoms with E-state index in [2.05, 4.69) is 0 Å². The van der Waals surface area contributed by atoms with E-state index in [4.69, 9.17) is 14.7 Å². The first-order valence-corrected chi connectivity index (χ1v) is 10.9. The molecule has 0 saturated carbocycles. The largest absolute Gasteiger partial charge is 0.457 e. The van der Waals surface area contributed by atoms with Crippen molar-refractivity contribution in [3.8, 4) is 22.5 Å². The number of esters is 1. The molecular weight excluding hydrogens is 442 g/mol. The Bertz CT molecular complexity index is 1520.